The summed E-state index contributed by atoms with van der Waals surface area (Å²) in [5.41, 5.74) is 2.66. The van der Waals surface area contributed by atoms with Crippen LogP contribution in [0.2, 0.25) is 0 Å². The summed E-state index contributed by atoms with van der Waals surface area (Å²) >= 11 is 0. The minimum atomic E-state index is -0.439. The molecule has 5 heteroatoms. The average Bonchev–Trinajstić information content (AvgIpc) is 2.69. The van der Waals surface area contributed by atoms with Gasteiger partial charge < -0.3 is 14.8 Å². The zero-order valence-corrected chi connectivity index (χ0v) is 15.1. The number of ether oxygens (including phenoxy) is 2. The summed E-state index contributed by atoms with van der Waals surface area (Å²) in [4.78, 5) is 24.4. The van der Waals surface area contributed by atoms with Crippen LogP contribution in [0.3, 0.4) is 0 Å². The van der Waals surface area contributed by atoms with Gasteiger partial charge in [-0.25, -0.2) is 4.79 Å². The number of esters is 1. The number of amides is 1. The van der Waals surface area contributed by atoms with E-state index in [1.165, 1.54) is 0 Å². The summed E-state index contributed by atoms with van der Waals surface area (Å²) in [5.74, 6) is 0.399. The highest BCUT2D eigenvalue weighted by atomic mass is 16.5. The van der Waals surface area contributed by atoms with Crippen LogP contribution in [0.5, 0.6) is 11.5 Å². The molecule has 1 N–H and O–H groups in total. The van der Waals surface area contributed by atoms with Gasteiger partial charge in [-0.05, 0) is 67.6 Å². The second-order valence-corrected chi connectivity index (χ2v) is 5.96. The molecule has 0 unspecified atom stereocenters. The molecule has 0 spiro atoms. The highest BCUT2D eigenvalue weighted by Crippen LogP contribution is 2.18. The van der Waals surface area contributed by atoms with Crippen molar-refractivity contribution in [3.63, 3.8) is 0 Å². The Kier molecular flexibility index (Phi) is 5.52. The molecule has 3 rings (SSSR count). The van der Waals surface area contributed by atoms with Crippen molar-refractivity contribution in [3.8, 4) is 11.5 Å². The van der Waals surface area contributed by atoms with Crippen LogP contribution in [0.1, 0.15) is 26.3 Å². The molecule has 5 nitrogen and oxygen atoms in total. The fourth-order valence-electron chi connectivity index (χ4n) is 2.41. The van der Waals surface area contributed by atoms with Crippen molar-refractivity contribution in [2.75, 3.05) is 12.4 Å². The van der Waals surface area contributed by atoms with E-state index in [1.54, 1.807) is 67.8 Å². The topological polar surface area (TPSA) is 64.6 Å². The Morgan fingerprint density at radius 2 is 1.30 bits per heavy atom. The third kappa shape index (κ3) is 4.73. The highest BCUT2D eigenvalue weighted by Gasteiger charge is 2.10. The van der Waals surface area contributed by atoms with Crippen LogP contribution in [0, 0.1) is 6.92 Å². The summed E-state index contributed by atoms with van der Waals surface area (Å²) in [7, 11) is 1.58. The third-order valence-corrected chi connectivity index (χ3v) is 3.96. The van der Waals surface area contributed by atoms with Crippen molar-refractivity contribution >= 4 is 17.6 Å². The Balaban J connectivity index is 1.62. The van der Waals surface area contributed by atoms with E-state index < -0.39 is 5.97 Å². The van der Waals surface area contributed by atoms with E-state index in [9.17, 15) is 9.59 Å². The van der Waals surface area contributed by atoms with E-state index >= 15 is 0 Å². The number of nitrogens with one attached hydrogen (secondary N) is 1. The fourth-order valence-corrected chi connectivity index (χ4v) is 2.41. The lowest BCUT2D eigenvalue weighted by Crippen LogP contribution is -2.12. The van der Waals surface area contributed by atoms with E-state index in [4.69, 9.17) is 9.47 Å². The largest absolute Gasteiger partial charge is 0.497 e. The number of carbonyl (C=O) groups is 2. The minimum Gasteiger partial charge on any atom is -0.497 e. The van der Waals surface area contributed by atoms with Crippen molar-refractivity contribution in [2.45, 2.75) is 6.92 Å². The second kappa shape index (κ2) is 8.19. The molecule has 0 atom stereocenters. The highest BCUT2D eigenvalue weighted by molar-refractivity contribution is 6.04. The van der Waals surface area contributed by atoms with E-state index in [0.29, 0.717) is 28.3 Å². The average molecular weight is 361 g/mol. The lowest BCUT2D eigenvalue weighted by Gasteiger charge is -2.08. The number of aryl methyl sites for hydroxylation is 1. The molecular weight excluding hydrogens is 342 g/mol. The number of benzene rings is 3. The first-order valence-electron chi connectivity index (χ1n) is 8.39. The van der Waals surface area contributed by atoms with E-state index in [0.717, 1.165) is 5.56 Å². The molecule has 0 fully saturated rings. The molecule has 0 radical (unpaired) electrons. The maximum absolute atomic E-state index is 12.3. The SMILES string of the molecule is COc1ccc(NC(=O)c2ccc(OC(=O)c3ccc(C)cc3)cc2)cc1. The Labute approximate surface area is 157 Å². The van der Waals surface area contributed by atoms with Crippen molar-refractivity contribution in [1.82, 2.24) is 0 Å². The summed E-state index contributed by atoms with van der Waals surface area (Å²) in [6.45, 7) is 1.95. The summed E-state index contributed by atoms with van der Waals surface area (Å²) < 4.78 is 10.4. The normalized spacial score (nSPS) is 10.1. The molecule has 0 saturated heterocycles. The molecular formula is C22H19NO4. The van der Waals surface area contributed by atoms with Crippen LogP contribution in [-0.2, 0) is 0 Å². The summed E-state index contributed by atoms with van der Waals surface area (Å²) in [6.07, 6.45) is 0. The zero-order chi connectivity index (χ0) is 19.2. The van der Waals surface area contributed by atoms with Gasteiger partial charge in [0.05, 0.1) is 12.7 Å². The van der Waals surface area contributed by atoms with Crippen molar-refractivity contribution < 1.29 is 19.1 Å². The molecule has 1 amide bonds. The molecule has 0 aliphatic carbocycles. The number of rotatable bonds is 5. The Bertz CT molecular complexity index is 930. The smallest absolute Gasteiger partial charge is 0.343 e. The van der Waals surface area contributed by atoms with Gasteiger partial charge in [0, 0.05) is 11.3 Å². The number of methoxy groups -OCH3 is 1. The predicted octanol–water partition coefficient (Wildman–Crippen LogP) is 4.48. The zero-order valence-electron chi connectivity index (χ0n) is 15.1. The van der Waals surface area contributed by atoms with Crippen LogP contribution in [0.15, 0.2) is 72.8 Å². The van der Waals surface area contributed by atoms with Crippen LogP contribution in [-0.4, -0.2) is 19.0 Å². The molecule has 0 heterocycles. The van der Waals surface area contributed by atoms with Gasteiger partial charge in [-0.1, -0.05) is 17.7 Å². The predicted molar refractivity (Wildman–Crippen MR) is 104 cm³/mol. The van der Waals surface area contributed by atoms with Crippen LogP contribution >= 0.6 is 0 Å². The lowest BCUT2D eigenvalue weighted by atomic mass is 10.1. The molecule has 0 aliphatic heterocycles. The van der Waals surface area contributed by atoms with Crippen molar-refractivity contribution in [1.29, 1.82) is 0 Å². The number of carbonyl (C=O) groups excluding carboxylic acids is 2. The summed E-state index contributed by atoms with van der Waals surface area (Å²) in [6, 6.07) is 20.6. The maximum atomic E-state index is 12.3. The first kappa shape index (κ1) is 18.2. The second-order valence-electron chi connectivity index (χ2n) is 5.96. The number of hydrogen-bond donors (Lipinski definition) is 1. The molecule has 3 aromatic rings. The van der Waals surface area contributed by atoms with Gasteiger partial charge in [-0.15, -0.1) is 0 Å². The minimum absolute atomic E-state index is 0.253. The number of anilines is 1. The van der Waals surface area contributed by atoms with Crippen LogP contribution < -0.4 is 14.8 Å². The van der Waals surface area contributed by atoms with Crippen molar-refractivity contribution in [3.05, 3.63) is 89.5 Å². The van der Waals surface area contributed by atoms with Gasteiger partial charge in [0.25, 0.3) is 5.91 Å². The molecule has 0 bridgehead atoms. The third-order valence-electron chi connectivity index (χ3n) is 3.96. The Morgan fingerprint density at radius 1 is 0.741 bits per heavy atom. The monoisotopic (exact) mass is 361 g/mol. The van der Waals surface area contributed by atoms with Crippen LogP contribution in [0.25, 0.3) is 0 Å². The Morgan fingerprint density at radius 3 is 1.89 bits per heavy atom. The first-order valence-corrected chi connectivity index (χ1v) is 8.39. The molecule has 136 valence electrons. The van der Waals surface area contributed by atoms with E-state index in [2.05, 4.69) is 5.32 Å². The molecule has 0 aliphatic rings. The maximum Gasteiger partial charge on any atom is 0.343 e. The standard InChI is InChI=1S/C22H19NO4/c1-15-3-5-17(6-4-15)22(25)27-20-11-7-16(8-12-20)21(24)23-18-9-13-19(26-2)14-10-18/h3-14H,1-2H3,(H,23,24). The van der Waals surface area contributed by atoms with E-state index in [-0.39, 0.29) is 5.91 Å². The van der Waals surface area contributed by atoms with Gasteiger partial charge in [0.1, 0.15) is 11.5 Å². The molecule has 27 heavy (non-hydrogen) atoms. The first-order chi connectivity index (χ1) is 13.0. The fraction of sp³-hybridized carbons (Fsp3) is 0.0909. The van der Waals surface area contributed by atoms with Gasteiger partial charge in [0.2, 0.25) is 0 Å². The molecule has 0 aromatic heterocycles. The van der Waals surface area contributed by atoms with Gasteiger partial charge in [-0.3, -0.25) is 4.79 Å². The number of hydrogen-bond acceptors (Lipinski definition) is 4. The molecule has 3 aromatic carbocycles. The summed E-state index contributed by atoms with van der Waals surface area (Å²) in [5, 5.41) is 2.80. The van der Waals surface area contributed by atoms with E-state index in [1.807, 2.05) is 19.1 Å². The Hall–Kier alpha value is -3.60. The lowest BCUT2D eigenvalue weighted by molar-refractivity contribution is 0.0734. The van der Waals surface area contributed by atoms with Gasteiger partial charge in [0.15, 0.2) is 0 Å². The van der Waals surface area contributed by atoms with Gasteiger partial charge >= 0.3 is 5.97 Å². The van der Waals surface area contributed by atoms with Gasteiger partial charge in [-0.2, -0.15) is 0 Å². The molecule has 0 saturated carbocycles. The van der Waals surface area contributed by atoms with Crippen molar-refractivity contribution in [2.24, 2.45) is 0 Å². The quantitative estimate of drug-likeness (QED) is 0.538. The van der Waals surface area contributed by atoms with Crippen LogP contribution in [0.4, 0.5) is 5.69 Å².